The van der Waals surface area contributed by atoms with Crippen LogP contribution in [0.4, 0.5) is 0 Å². The second-order valence-corrected chi connectivity index (χ2v) is 6.13. The van der Waals surface area contributed by atoms with Crippen molar-refractivity contribution in [3.8, 4) is 0 Å². The first-order valence-electron chi connectivity index (χ1n) is 5.67. The molecule has 0 saturated heterocycles. The molecule has 0 spiro atoms. The number of carbonyl (C=O) groups excluding carboxylic acids is 1. The normalized spacial score (nSPS) is 11.3. The molecule has 0 heterocycles. The first-order valence-corrected chi connectivity index (χ1v) is 7.20. The molecule has 100 valence electrons. The highest BCUT2D eigenvalue weighted by Gasteiger charge is 2.18. The number of aliphatic hydroxyl groups is 1. The van der Waals surface area contributed by atoms with Crippen LogP contribution in [0, 0.1) is 0 Å². The fourth-order valence-electron chi connectivity index (χ4n) is 1.30. The van der Waals surface area contributed by atoms with Gasteiger partial charge in [-0.2, -0.15) is 0 Å². The second-order valence-electron chi connectivity index (χ2n) is 4.71. The van der Waals surface area contributed by atoms with Gasteiger partial charge in [0.2, 0.25) is 5.91 Å². The molecule has 0 radical (unpaired) electrons. The van der Waals surface area contributed by atoms with Gasteiger partial charge in [-0.15, -0.1) is 11.8 Å². The molecule has 0 aromatic heterocycles. The van der Waals surface area contributed by atoms with Crippen molar-refractivity contribution in [1.82, 2.24) is 5.32 Å². The molecular formula is C13H18ClNO2S. The Labute approximate surface area is 117 Å². The van der Waals surface area contributed by atoms with E-state index in [4.69, 9.17) is 16.7 Å². The average Bonchev–Trinajstić information content (AvgIpc) is 2.31. The summed E-state index contributed by atoms with van der Waals surface area (Å²) in [6.07, 6.45) is 0. The van der Waals surface area contributed by atoms with Crippen molar-refractivity contribution in [2.75, 3.05) is 12.4 Å². The molecule has 0 atom stereocenters. The SMILES string of the molecule is CC(C)(CO)NC(=O)CSCc1ccc(Cl)cc1. The molecule has 0 unspecified atom stereocenters. The number of thioether (sulfide) groups is 1. The molecule has 18 heavy (non-hydrogen) atoms. The third-order valence-electron chi connectivity index (χ3n) is 2.29. The van der Waals surface area contributed by atoms with Crippen molar-refractivity contribution in [2.45, 2.75) is 25.1 Å². The van der Waals surface area contributed by atoms with Crippen LogP contribution in [0.1, 0.15) is 19.4 Å². The van der Waals surface area contributed by atoms with Crippen LogP contribution >= 0.6 is 23.4 Å². The van der Waals surface area contributed by atoms with Crippen LogP contribution in [0.2, 0.25) is 5.02 Å². The van der Waals surface area contributed by atoms with E-state index in [2.05, 4.69) is 5.32 Å². The van der Waals surface area contributed by atoms with Gasteiger partial charge in [0, 0.05) is 10.8 Å². The quantitative estimate of drug-likeness (QED) is 0.845. The molecule has 0 saturated carbocycles. The molecule has 2 N–H and O–H groups in total. The summed E-state index contributed by atoms with van der Waals surface area (Å²) < 4.78 is 0. The van der Waals surface area contributed by atoms with Crippen LogP contribution in [0.5, 0.6) is 0 Å². The Morgan fingerprint density at radius 2 is 2.00 bits per heavy atom. The van der Waals surface area contributed by atoms with Gasteiger partial charge < -0.3 is 10.4 Å². The van der Waals surface area contributed by atoms with Gasteiger partial charge in [0.15, 0.2) is 0 Å². The molecule has 1 aromatic rings. The molecule has 1 aromatic carbocycles. The Hall–Kier alpha value is -0.710. The maximum absolute atomic E-state index is 11.6. The van der Waals surface area contributed by atoms with Crippen molar-refractivity contribution < 1.29 is 9.90 Å². The molecule has 0 fully saturated rings. The highest BCUT2D eigenvalue weighted by Crippen LogP contribution is 2.15. The van der Waals surface area contributed by atoms with Crippen LogP contribution < -0.4 is 5.32 Å². The number of hydrogen-bond acceptors (Lipinski definition) is 3. The molecule has 0 bridgehead atoms. The van der Waals surface area contributed by atoms with E-state index in [-0.39, 0.29) is 12.5 Å². The zero-order valence-electron chi connectivity index (χ0n) is 10.6. The van der Waals surface area contributed by atoms with Crippen LogP contribution in [0.15, 0.2) is 24.3 Å². The number of aliphatic hydroxyl groups excluding tert-OH is 1. The fraction of sp³-hybridized carbons (Fsp3) is 0.462. The summed E-state index contributed by atoms with van der Waals surface area (Å²) in [7, 11) is 0. The Balaban J connectivity index is 2.29. The smallest absolute Gasteiger partial charge is 0.230 e. The van der Waals surface area contributed by atoms with Gasteiger partial charge in [0.05, 0.1) is 17.9 Å². The van der Waals surface area contributed by atoms with Gasteiger partial charge in [0.25, 0.3) is 0 Å². The van der Waals surface area contributed by atoms with E-state index in [9.17, 15) is 4.79 Å². The number of hydrogen-bond donors (Lipinski definition) is 2. The molecule has 0 aliphatic carbocycles. The number of benzene rings is 1. The summed E-state index contributed by atoms with van der Waals surface area (Å²) in [6.45, 7) is 3.50. The molecule has 3 nitrogen and oxygen atoms in total. The predicted octanol–water partition coefficient (Wildman–Crippen LogP) is 2.46. The van der Waals surface area contributed by atoms with E-state index < -0.39 is 5.54 Å². The molecule has 1 rings (SSSR count). The predicted molar refractivity (Wildman–Crippen MR) is 76.9 cm³/mol. The molecule has 1 amide bonds. The highest BCUT2D eigenvalue weighted by atomic mass is 35.5. The van der Waals surface area contributed by atoms with E-state index in [0.717, 1.165) is 11.3 Å². The van der Waals surface area contributed by atoms with E-state index in [0.29, 0.717) is 10.8 Å². The van der Waals surface area contributed by atoms with Gasteiger partial charge >= 0.3 is 0 Å². The van der Waals surface area contributed by atoms with E-state index in [1.54, 1.807) is 13.8 Å². The minimum atomic E-state index is -0.558. The van der Waals surface area contributed by atoms with Crippen LogP contribution in [0.25, 0.3) is 0 Å². The largest absolute Gasteiger partial charge is 0.394 e. The van der Waals surface area contributed by atoms with Crippen molar-refractivity contribution in [2.24, 2.45) is 0 Å². The lowest BCUT2D eigenvalue weighted by molar-refractivity contribution is -0.120. The minimum absolute atomic E-state index is 0.0620. The number of nitrogens with one attached hydrogen (secondary N) is 1. The Bertz CT molecular complexity index is 392. The minimum Gasteiger partial charge on any atom is -0.394 e. The topological polar surface area (TPSA) is 49.3 Å². The summed E-state index contributed by atoms with van der Waals surface area (Å²) in [5.41, 5.74) is 0.580. The van der Waals surface area contributed by atoms with Gasteiger partial charge in [-0.1, -0.05) is 23.7 Å². The van der Waals surface area contributed by atoms with Gasteiger partial charge in [-0.3, -0.25) is 4.79 Å². The van der Waals surface area contributed by atoms with Gasteiger partial charge in [0.1, 0.15) is 0 Å². The molecule has 0 aliphatic heterocycles. The van der Waals surface area contributed by atoms with Crippen molar-refractivity contribution in [1.29, 1.82) is 0 Å². The lowest BCUT2D eigenvalue weighted by Crippen LogP contribution is -2.47. The van der Waals surface area contributed by atoms with E-state index in [1.807, 2.05) is 24.3 Å². The van der Waals surface area contributed by atoms with Gasteiger partial charge in [-0.05, 0) is 31.5 Å². The van der Waals surface area contributed by atoms with Gasteiger partial charge in [-0.25, -0.2) is 0 Å². The zero-order chi connectivity index (χ0) is 13.6. The van der Waals surface area contributed by atoms with E-state index in [1.165, 1.54) is 11.8 Å². The third kappa shape index (κ3) is 5.76. The molecular weight excluding hydrogens is 270 g/mol. The fourth-order valence-corrected chi connectivity index (χ4v) is 2.21. The summed E-state index contributed by atoms with van der Waals surface area (Å²) in [6, 6.07) is 7.58. The second kappa shape index (κ2) is 7.02. The number of halogens is 1. The summed E-state index contributed by atoms with van der Waals surface area (Å²) in [5, 5.41) is 12.5. The summed E-state index contributed by atoms with van der Waals surface area (Å²) in [4.78, 5) is 11.6. The van der Waals surface area contributed by atoms with Crippen LogP contribution in [-0.4, -0.2) is 28.9 Å². The van der Waals surface area contributed by atoms with Crippen LogP contribution in [-0.2, 0) is 10.5 Å². The number of rotatable bonds is 6. The lowest BCUT2D eigenvalue weighted by Gasteiger charge is -2.23. The maximum atomic E-state index is 11.6. The summed E-state index contributed by atoms with van der Waals surface area (Å²) >= 11 is 7.32. The number of amides is 1. The van der Waals surface area contributed by atoms with Crippen molar-refractivity contribution in [3.63, 3.8) is 0 Å². The Kier molecular flexibility index (Phi) is 5.99. The van der Waals surface area contributed by atoms with Crippen molar-refractivity contribution >= 4 is 29.3 Å². The molecule has 0 aliphatic rings. The first-order chi connectivity index (χ1) is 8.43. The van der Waals surface area contributed by atoms with Crippen molar-refractivity contribution in [3.05, 3.63) is 34.9 Å². The highest BCUT2D eigenvalue weighted by molar-refractivity contribution is 7.99. The monoisotopic (exact) mass is 287 g/mol. The average molecular weight is 288 g/mol. The lowest BCUT2D eigenvalue weighted by atomic mass is 10.1. The third-order valence-corrected chi connectivity index (χ3v) is 3.54. The zero-order valence-corrected chi connectivity index (χ0v) is 12.1. The first kappa shape index (κ1) is 15.3. The van der Waals surface area contributed by atoms with Crippen LogP contribution in [0.3, 0.4) is 0 Å². The number of carbonyl (C=O) groups is 1. The van der Waals surface area contributed by atoms with E-state index >= 15 is 0 Å². The Morgan fingerprint density at radius 3 is 2.56 bits per heavy atom. The standard InChI is InChI=1S/C13H18ClNO2S/c1-13(2,9-16)15-12(17)8-18-7-10-3-5-11(14)6-4-10/h3-6,16H,7-9H2,1-2H3,(H,15,17). The maximum Gasteiger partial charge on any atom is 0.230 e. The molecule has 5 heteroatoms. The summed E-state index contributed by atoms with van der Waals surface area (Å²) in [5.74, 6) is 1.09. The Morgan fingerprint density at radius 1 is 1.39 bits per heavy atom.